The molecule has 6 heteroatoms. The maximum absolute atomic E-state index is 12.3. The zero-order valence-electron chi connectivity index (χ0n) is 21.7. The van der Waals surface area contributed by atoms with Crippen LogP contribution in [0.1, 0.15) is 83.1 Å². The molecule has 0 radical (unpaired) electrons. The van der Waals surface area contributed by atoms with Gasteiger partial charge in [0.15, 0.2) is 0 Å². The Kier molecular flexibility index (Phi) is 11.9. The summed E-state index contributed by atoms with van der Waals surface area (Å²) in [5.41, 5.74) is 3.09. The van der Waals surface area contributed by atoms with Crippen molar-refractivity contribution in [2.75, 3.05) is 12.5 Å². The van der Waals surface area contributed by atoms with Gasteiger partial charge in [-0.05, 0) is 33.2 Å². The molecule has 0 aliphatic rings. The molecule has 0 N–H and O–H groups in total. The number of hydrogen-bond acceptors (Lipinski definition) is 4. The second-order valence-electron chi connectivity index (χ2n) is 10.7. The van der Waals surface area contributed by atoms with Gasteiger partial charge >= 0.3 is 11.9 Å². The number of ether oxygens (including phenoxy) is 2. The van der Waals surface area contributed by atoms with Gasteiger partial charge in [0, 0.05) is 12.2 Å². The summed E-state index contributed by atoms with van der Waals surface area (Å²) in [6.07, 6.45) is 3.43. The fourth-order valence-corrected chi connectivity index (χ4v) is 16.4. The summed E-state index contributed by atoms with van der Waals surface area (Å²) in [6.45, 7) is 26.9. The fourth-order valence-electron chi connectivity index (χ4n) is 5.62. The zero-order valence-corrected chi connectivity index (χ0v) is 23.7. The Morgan fingerprint density at radius 3 is 0.900 bits per heavy atom. The Balaban J connectivity index is 5.06. The maximum atomic E-state index is 12.3. The van der Waals surface area contributed by atoms with Gasteiger partial charge in [-0.15, -0.1) is 0 Å². The SMILES string of the molecule is CC(C)[Si](COC(=O)/C=C\C(=O)OC[Si](C(C)C)(C(C)C)C(C)C)(C(C)C)C(C)C. The number of carbonyl (C=O) groups is 2. The average molecular weight is 457 g/mol. The standard InChI is InChI=1S/C24H48O4Si2/c1-17(2)29(18(3)4,19(5)6)15-27-23(25)13-14-24(26)28-16-30(20(7)8,21(9)10)22(11)12/h13-14,17-22H,15-16H2,1-12H3/b14-13-. The lowest BCUT2D eigenvalue weighted by molar-refractivity contribution is -0.138. The van der Waals surface area contributed by atoms with Crippen LogP contribution in [-0.2, 0) is 19.1 Å². The minimum absolute atomic E-state index is 0.453. The molecule has 0 bridgehead atoms. The summed E-state index contributed by atoms with van der Waals surface area (Å²) in [4.78, 5) is 24.6. The van der Waals surface area contributed by atoms with Gasteiger partial charge in [0.1, 0.15) is 16.1 Å². The molecule has 0 atom stereocenters. The van der Waals surface area contributed by atoms with Crippen LogP contribution in [0.3, 0.4) is 0 Å². The molecule has 0 amide bonds. The molecule has 0 aliphatic carbocycles. The molecule has 4 nitrogen and oxygen atoms in total. The first kappa shape index (κ1) is 29.1. The predicted molar refractivity (Wildman–Crippen MR) is 133 cm³/mol. The van der Waals surface area contributed by atoms with Crippen molar-refractivity contribution in [1.29, 1.82) is 0 Å². The largest absolute Gasteiger partial charge is 0.466 e. The number of carbonyl (C=O) groups excluding carboxylic acids is 2. The molecule has 0 heterocycles. The van der Waals surface area contributed by atoms with Crippen LogP contribution in [0.15, 0.2) is 12.2 Å². The van der Waals surface area contributed by atoms with Crippen molar-refractivity contribution in [1.82, 2.24) is 0 Å². The molecule has 0 saturated heterocycles. The third-order valence-electron chi connectivity index (χ3n) is 7.73. The van der Waals surface area contributed by atoms with E-state index in [1.54, 1.807) is 0 Å². The van der Waals surface area contributed by atoms with Crippen LogP contribution in [0.4, 0.5) is 0 Å². The molecule has 0 saturated carbocycles. The van der Waals surface area contributed by atoms with E-state index >= 15 is 0 Å². The maximum Gasteiger partial charge on any atom is 0.330 e. The highest BCUT2D eigenvalue weighted by molar-refractivity contribution is 6.84. The monoisotopic (exact) mass is 456 g/mol. The highest BCUT2D eigenvalue weighted by Gasteiger charge is 2.45. The third-order valence-corrected chi connectivity index (χ3v) is 21.9. The number of esters is 2. The summed E-state index contributed by atoms with van der Waals surface area (Å²) >= 11 is 0. The lowest BCUT2D eigenvalue weighted by atomic mass is 10.5. The van der Waals surface area contributed by atoms with E-state index in [0.29, 0.717) is 45.7 Å². The second kappa shape index (κ2) is 12.2. The Hall–Kier alpha value is -0.886. The van der Waals surface area contributed by atoms with E-state index in [9.17, 15) is 9.59 Å². The topological polar surface area (TPSA) is 52.6 Å². The molecule has 0 aromatic rings. The first-order valence-corrected chi connectivity index (χ1v) is 16.6. The Bertz CT molecular complexity index is 484. The van der Waals surface area contributed by atoms with Crippen LogP contribution < -0.4 is 0 Å². The minimum atomic E-state index is -1.81. The van der Waals surface area contributed by atoms with E-state index < -0.39 is 28.1 Å². The van der Waals surface area contributed by atoms with Gasteiger partial charge in [0.25, 0.3) is 0 Å². The van der Waals surface area contributed by atoms with Crippen molar-refractivity contribution in [3.8, 4) is 0 Å². The quantitative estimate of drug-likeness (QED) is 0.179. The van der Waals surface area contributed by atoms with Gasteiger partial charge in [0.2, 0.25) is 0 Å². The normalized spacial score (nSPS) is 13.5. The molecule has 0 aliphatic heterocycles. The van der Waals surface area contributed by atoms with Gasteiger partial charge in [-0.25, -0.2) is 9.59 Å². The third kappa shape index (κ3) is 6.81. The summed E-state index contributed by atoms with van der Waals surface area (Å²) in [7, 11) is -3.62. The van der Waals surface area contributed by atoms with E-state index in [2.05, 4.69) is 83.1 Å². The molecule has 0 unspecified atom stereocenters. The summed E-state index contributed by atoms with van der Waals surface area (Å²) in [6, 6.07) is 0. The van der Waals surface area contributed by atoms with Gasteiger partial charge < -0.3 is 9.47 Å². The van der Waals surface area contributed by atoms with Crippen LogP contribution in [0, 0.1) is 0 Å². The molecular weight excluding hydrogens is 408 g/mol. The average Bonchev–Trinajstić information content (AvgIpc) is 2.59. The van der Waals surface area contributed by atoms with Crippen molar-refractivity contribution in [2.24, 2.45) is 0 Å². The van der Waals surface area contributed by atoms with E-state index in [4.69, 9.17) is 9.47 Å². The lowest BCUT2D eigenvalue weighted by Gasteiger charge is -2.42. The highest BCUT2D eigenvalue weighted by atomic mass is 28.3. The van der Waals surface area contributed by atoms with Crippen LogP contribution in [-0.4, -0.2) is 40.5 Å². The van der Waals surface area contributed by atoms with Crippen molar-refractivity contribution < 1.29 is 19.1 Å². The van der Waals surface area contributed by atoms with Crippen LogP contribution in [0.5, 0.6) is 0 Å². The van der Waals surface area contributed by atoms with Gasteiger partial charge in [0.05, 0.1) is 12.5 Å². The molecular formula is C24H48O4Si2. The van der Waals surface area contributed by atoms with E-state index in [1.807, 2.05) is 0 Å². The predicted octanol–water partition coefficient (Wildman–Crippen LogP) is 7.07. The summed E-state index contributed by atoms with van der Waals surface area (Å²) in [5, 5.41) is 0. The van der Waals surface area contributed by atoms with Gasteiger partial charge in [-0.1, -0.05) is 83.1 Å². The fraction of sp³-hybridized carbons (Fsp3) is 0.833. The molecule has 0 aromatic carbocycles. The Morgan fingerprint density at radius 2 is 0.733 bits per heavy atom. The second-order valence-corrected chi connectivity index (χ2v) is 22.7. The van der Waals surface area contributed by atoms with E-state index in [0.717, 1.165) is 0 Å². The van der Waals surface area contributed by atoms with E-state index in [-0.39, 0.29) is 0 Å². The lowest BCUT2D eigenvalue weighted by Crippen LogP contribution is -2.50. The van der Waals surface area contributed by atoms with Crippen molar-refractivity contribution in [3.63, 3.8) is 0 Å². The van der Waals surface area contributed by atoms with Crippen molar-refractivity contribution in [3.05, 3.63) is 12.2 Å². The van der Waals surface area contributed by atoms with Crippen LogP contribution in [0.2, 0.25) is 33.2 Å². The summed E-state index contributed by atoms with van der Waals surface area (Å²) < 4.78 is 11.3. The smallest absolute Gasteiger partial charge is 0.330 e. The van der Waals surface area contributed by atoms with Crippen molar-refractivity contribution in [2.45, 2.75) is 116 Å². The first-order chi connectivity index (χ1) is 13.7. The molecule has 176 valence electrons. The van der Waals surface area contributed by atoms with Crippen molar-refractivity contribution >= 4 is 28.1 Å². The molecule has 30 heavy (non-hydrogen) atoms. The zero-order chi connectivity index (χ0) is 23.9. The summed E-state index contributed by atoms with van der Waals surface area (Å²) in [5.74, 6) is -0.906. The Morgan fingerprint density at radius 1 is 0.533 bits per heavy atom. The molecule has 0 spiro atoms. The van der Waals surface area contributed by atoms with Gasteiger partial charge in [-0.2, -0.15) is 0 Å². The molecule has 0 aromatic heterocycles. The minimum Gasteiger partial charge on any atom is -0.466 e. The highest BCUT2D eigenvalue weighted by Crippen LogP contribution is 2.42. The number of rotatable bonds is 12. The first-order valence-electron chi connectivity index (χ1n) is 11.7. The Labute approximate surface area is 188 Å². The molecule has 0 rings (SSSR count). The van der Waals surface area contributed by atoms with Gasteiger partial charge in [-0.3, -0.25) is 0 Å². The van der Waals surface area contributed by atoms with Crippen LogP contribution in [0.25, 0.3) is 0 Å². The molecule has 0 fully saturated rings. The van der Waals surface area contributed by atoms with Crippen LogP contribution >= 0.6 is 0 Å². The number of hydrogen-bond donors (Lipinski definition) is 0. The van der Waals surface area contributed by atoms with E-state index in [1.165, 1.54) is 12.2 Å².